The highest BCUT2D eigenvalue weighted by Crippen LogP contribution is 2.18. The predicted octanol–water partition coefficient (Wildman–Crippen LogP) is 0.948. The Kier molecular flexibility index (Phi) is 1.80. The van der Waals surface area contributed by atoms with Crippen molar-refractivity contribution in [3.05, 3.63) is 6.73 Å². The summed E-state index contributed by atoms with van der Waals surface area (Å²) in [5.41, 5.74) is 0. The smallest absolute Gasteiger partial charge is 0.390 e. The Labute approximate surface area is 54.4 Å². The Bertz CT molecular complexity index is 153. The minimum atomic E-state index is -4.69. The lowest BCUT2D eigenvalue weighted by atomic mass is 10.7. The molecule has 1 heterocycles. The van der Waals surface area contributed by atoms with E-state index in [0.717, 1.165) is 0 Å². The lowest BCUT2D eigenvalue weighted by Crippen LogP contribution is -2.20. The van der Waals surface area contributed by atoms with E-state index in [1.54, 1.807) is 0 Å². The number of aliphatic imine (C=N–C) groups is 1. The first-order chi connectivity index (χ1) is 4.58. The molecule has 1 aliphatic heterocycles. The summed E-state index contributed by atoms with van der Waals surface area (Å²) in [5.74, 6) is -0.521. The molecule has 0 bridgehead atoms. The fourth-order valence-corrected chi connectivity index (χ4v) is 0.395. The Balaban J connectivity index is 2.38. The zero-order chi connectivity index (χ0) is 7.61. The van der Waals surface area contributed by atoms with Crippen LogP contribution in [0.25, 0.3) is 0 Å². The molecule has 6 heteroatoms. The molecule has 0 aromatic carbocycles. The lowest BCUT2D eigenvalue weighted by Gasteiger charge is -2.05. The zero-order valence-electron chi connectivity index (χ0n) is 4.60. The van der Waals surface area contributed by atoms with E-state index in [9.17, 15) is 13.2 Å². The maximum atomic E-state index is 11.3. The van der Waals surface area contributed by atoms with Gasteiger partial charge in [0.05, 0.1) is 0 Å². The van der Waals surface area contributed by atoms with Crippen molar-refractivity contribution in [1.82, 2.24) is 0 Å². The van der Waals surface area contributed by atoms with Gasteiger partial charge in [-0.1, -0.05) is 0 Å². The van der Waals surface area contributed by atoms with E-state index >= 15 is 0 Å². The summed E-state index contributed by atoms with van der Waals surface area (Å²) in [4.78, 5) is 3.02. The Morgan fingerprint density at radius 3 is 2.70 bits per heavy atom. The number of alkyl halides is 3. The van der Waals surface area contributed by atoms with E-state index in [0.29, 0.717) is 0 Å². The van der Waals surface area contributed by atoms with E-state index in [-0.39, 0.29) is 6.61 Å². The lowest BCUT2D eigenvalue weighted by molar-refractivity contribution is -0.284. The van der Waals surface area contributed by atoms with Gasteiger partial charge in [0, 0.05) is 0 Å². The molecule has 0 unspecified atom stereocenters. The summed E-state index contributed by atoms with van der Waals surface area (Å²) in [7, 11) is 0. The molecule has 1 rings (SSSR count). The van der Waals surface area contributed by atoms with E-state index in [1.165, 1.54) is 0 Å². The van der Waals surface area contributed by atoms with Crippen LogP contribution in [-0.4, -0.2) is 18.9 Å². The largest absolute Gasteiger partial charge is 0.574 e. The van der Waals surface area contributed by atoms with Crippen LogP contribution in [0.1, 0.15) is 0 Å². The van der Waals surface area contributed by atoms with Gasteiger partial charge in [-0.3, -0.25) is 0 Å². The van der Waals surface area contributed by atoms with Crippen LogP contribution in [-0.2, 0) is 9.47 Å². The molecule has 56 valence electrons. The number of ether oxygens (including phenoxy) is 2. The van der Waals surface area contributed by atoms with Crippen molar-refractivity contribution in [2.45, 2.75) is 6.36 Å². The molecule has 0 saturated heterocycles. The van der Waals surface area contributed by atoms with E-state index in [1.807, 2.05) is 6.73 Å². The Morgan fingerprint density at radius 1 is 1.60 bits per heavy atom. The van der Waals surface area contributed by atoms with Gasteiger partial charge in [0.25, 0.3) is 6.73 Å². The van der Waals surface area contributed by atoms with E-state index in [4.69, 9.17) is 0 Å². The van der Waals surface area contributed by atoms with Gasteiger partial charge < -0.3 is 9.47 Å². The molecule has 1 aliphatic rings. The average Bonchev–Trinajstić information content (AvgIpc) is 2.12. The molecule has 0 spiro atoms. The quantitative estimate of drug-likeness (QED) is 0.518. The third-order valence-corrected chi connectivity index (χ3v) is 0.664. The highest BCUT2D eigenvalue weighted by atomic mass is 19.4. The zero-order valence-corrected chi connectivity index (χ0v) is 4.60. The third-order valence-electron chi connectivity index (χ3n) is 0.664. The van der Waals surface area contributed by atoms with Crippen molar-refractivity contribution < 1.29 is 22.6 Å². The summed E-state index contributed by atoms with van der Waals surface area (Å²) >= 11 is 0. The number of halogens is 3. The monoisotopic (exact) mass is 153 g/mol. The maximum Gasteiger partial charge on any atom is 0.574 e. The van der Waals surface area contributed by atoms with Crippen LogP contribution in [0.3, 0.4) is 0 Å². The van der Waals surface area contributed by atoms with Crippen LogP contribution < -0.4 is 0 Å². The van der Waals surface area contributed by atoms with Gasteiger partial charge in [-0.15, -0.1) is 13.2 Å². The van der Waals surface area contributed by atoms with Crippen LogP contribution in [0.15, 0.2) is 4.99 Å². The first-order valence-corrected chi connectivity index (χ1v) is 2.27. The van der Waals surface area contributed by atoms with Gasteiger partial charge in [0.1, 0.15) is 6.61 Å². The standard InChI is InChI=1S/C4H2F3NO2/c5-4(6,7)10-3-1-9-2-8-3/h1H2. The highest BCUT2D eigenvalue weighted by molar-refractivity contribution is 5.79. The molecule has 0 fully saturated rings. The fourth-order valence-electron chi connectivity index (χ4n) is 0.395. The second-order valence-corrected chi connectivity index (χ2v) is 1.43. The molecule has 0 atom stereocenters. The van der Waals surface area contributed by atoms with Crippen molar-refractivity contribution in [2.75, 3.05) is 6.61 Å². The first-order valence-electron chi connectivity index (χ1n) is 2.27. The van der Waals surface area contributed by atoms with Gasteiger partial charge in [-0.2, -0.15) is 0 Å². The molecular formula is C4H2F3NO2. The van der Waals surface area contributed by atoms with Crippen LogP contribution in [0, 0.1) is 6.73 Å². The third kappa shape index (κ3) is 2.22. The molecule has 0 N–H and O–H groups in total. The SMILES string of the molecule is FC(F)(F)OC1=N[C]OC1. The van der Waals surface area contributed by atoms with Gasteiger partial charge in [0.2, 0.25) is 5.90 Å². The van der Waals surface area contributed by atoms with Crippen LogP contribution in [0.4, 0.5) is 13.2 Å². The molecule has 10 heavy (non-hydrogen) atoms. The summed E-state index contributed by atoms with van der Waals surface area (Å²) in [6.45, 7) is 1.55. The fraction of sp³-hybridized carbons (Fsp3) is 0.500. The summed E-state index contributed by atoms with van der Waals surface area (Å²) in [6, 6.07) is 0. The molecule has 2 radical (unpaired) electrons. The number of hydrogen-bond acceptors (Lipinski definition) is 3. The Morgan fingerprint density at radius 2 is 2.30 bits per heavy atom. The van der Waals surface area contributed by atoms with Crippen molar-refractivity contribution in [1.29, 1.82) is 0 Å². The van der Waals surface area contributed by atoms with Crippen LogP contribution >= 0.6 is 0 Å². The van der Waals surface area contributed by atoms with Crippen molar-refractivity contribution >= 4 is 5.90 Å². The number of hydrogen-bond donors (Lipinski definition) is 0. The Hall–Kier alpha value is -0.780. The molecule has 0 aromatic heterocycles. The second-order valence-electron chi connectivity index (χ2n) is 1.43. The molecule has 0 aromatic rings. The predicted molar refractivity (Wildman–Crippen MR) is 23.8 cm³/mol. The summed E-state index contributed by atoms with van der Waals surface area (Å²) in [5, 5.41) is 0. The first kappa shape index (κ1) is 7.33. The van der Waals surface area contributed by atoms with Crippen LogP contribution in [0.5, 0.6) is 0 Å². The van der Waals surface area contributed by atoms with Gasteiger partial charge >= 0.3 is 6.36 Å². The average molecular weight is 153 g/mol. The molecule has 3 nitrogen and oxygen atoms in total. The number of nitrogens with zero attached hydrogens (tertiary/aromatic N) is 1. The van der Waals surface area contributed by atoms with Gasteiger partial charge in [0.15, 0.2) is 0 Å². The summed E-state index contributed by atoms with van der Waals surface area (Å²) < 4.78 is 41.5. The van der Waals surface area contributed by atoms with E-state index < -0.39 is 12.3 Å². The van der Waals surface area contributed by atoms with E-state index in [2.05, 4.69) is 14.5 Å². The van der Waals surface area contributed by atoms with Crippen molar-refractivity contribution in [2.24, 2.45) is 4.99 Å². The van der Waals surface area contributed by atoms with Crippen LogP contribution in [0.2, 0.25) is 0 Å². The van der Waals surface area contributed by atoms with Crippen molar-refractivity contribution in [3.63, 3.8) is 0 Å². The topological polar surface area (TPSA) is 30.8 Å². The molecular weight excluding hydrogens is 151 g/mol. The van der Waals surface area contributed by atoms with Gasteiger partial charge in [-0.25, -0.2) is 4.99 Å². The minimum absolute atomic E-state index is 0.306. The van der Waals surface area contributed by atoms with Gasteiger partial charge in [-0.05, 0) is 0 Å². The highest BCUT2D eigenvalue weighted by Gasteiger charge is 2.33. The molecule has 0 aliphatic carbocycles. The van der Waals surface area contributed by atoms with Crippen molar-refractivity contribution in [3.8, 4) is 0 Å². The number of rotatable bonds is 0. The normalized spacial score (nSPS) is 18.9. The second kappa shape index (κ2) is 2.45. The molecule has 0 saturated carbocycles. The maximum absolute atomic E-state index is 11.3. The molecule has 0 amide bonds. The minimum Gasteiger partial charge on any atom is -0.390 e. The summed E-state index contributed by atoms with van der Waals surface area (Å²) in [6.07, 6.45) is -4.69.